The van der Waals surface area contributed by atoms with E-state index >= 15 is 0 Å². The molecule has 0 amide bonds. The molecule has 0 aromatic heterocycles. The molecule has 0 spiro atoms. The average Bonchev–Trinajstić information content (AvgIpc) is 1.80. The maximum absolute atomic E-state index is 10.5. The number of carbonyl (C=O) groups is 3. The molecule has 6 nitrogen and oxygen atoms in total. The van der Waals surface area contributed by atoms with Gasteiger partial charge in [0.05, 0.1) is 0 Å². The standard InChI is InChI=1S/3C2H4O2.Sn/c3*1-2(3)4;/h3*1H3,(H,3,4);/q;;;+4/p-3. The molecule has 0 aliphatic carbocycles. The van der Waals surface area contributed by atoms with E-state index in [1.54, 1.807) is 0 Å². The summed E-state index contributed by atoms with van der Waals surface area (Å²) in [6, 6.07) is 0. The number of hydrogen-bond acceptors (Lipinski definition) is 6. The van der Waals surface area contributed by atoms with Gasteiger partial charge in [0.15, 0.2) is 0 Å². The Morgan fingerprint density at radius 3 is 1.15 bits per heavy atom. The predicted molar refractivity (Wildman–Crippen MR) is 41.1 cm³/mol. The van der Waals surface area contributed by atoms with Crippen molar-refractivity contribution in [3.63, 3.8) is 0 Å². The molecule has 0 saturated carbocycles. The third-order valence-corrected chi connectivity index (χ3v) is 4.57. The molecule has 0 aliphatic rings. The van der Waals surface area contributed by atoms with E-state index in [4.69, 9.17) is 0 Å². The molecule has 0 saturated heterocycles. The van der Waals surface area contributed by atoms with Gasteiger partial charge in [-0.15, -0.1) is 0 Å². The van der Waals surface area contributed by atoms with Crippen molar-refractivity contribution in [2.24, 2.45) is 0 Å². The van der Waals surface area contributed by atoms with Crippen molar-refractivity contribution < 1.29 is 23.6 Å². The summed E-state index contributed by atoms with van der Waals surface area (Å²) in [7, 11) is 0. The summed E-state index contributed by atoms with van der Waals surface area (Å²) in [6.45, 7) is 3.44. The topological polar surface area (TPSA) is 78.9 Å². The molecule has 0 unspecified atom stereocenters. The van der Waals surface area contributed by atoms with Crippen LogP contribution in [0.4, 0.5) is 0 Å². The second-order valence-corrected chi connectivity index (χ2v) is 5.21. The Kier molecular flexibility index (Phi) is 5.43. The van der Waals surface area contributed by atoms with E-state index < -0.39 is 38.9 Å². The molecular formula is C6H9O6Sn+. The van der Waals surface area contributed by atoms with Gasteiger partial charge in [-0.25, -0.2) is 0 Å². The Balaban J connectivity index is 4.10. The Hall–Kier alpha value is -0.791. The van der Waals surface area contributed by atoms with Gasteiger partial charge in [0.2, 0.25) is 0 Å². The minimum absolute atomic E-state index is 0.628. The second-order valence-electron chi connectivity index (χ2n) is 2.03. The first-order chi connectivity index (χ1) is 5.91. The first kappa shape index (κ1) is 12.2. The van der Waals surface area contributed by atoms with E-state index in [0.717, 1.165) is 20.8 Å². The van der Waals surface area contributed by atoms with Crippen LogP contribution >= 0.6 is 0 Å². The van der Waals surface area contributed by atoms with Gasteiger partial charge in [-0.3, -0.25) is 0 Å². The predicted octanol–water partition coefficient (Wildman–Crippen LogP) is -0.339. The molecule has 0 rings (SSSR count). The first-order valence-corrected chi connectivity index (χ1v) is 6.83. The van der Waals surface area contributed by atoms with Crippen molar-refractivity contribution in [2.45, 2.75) is 20.8 Å². The van der Waals surface area contributed by atoms with Crippen LogP contribution in [0.1, 0.15) is 20.8 Å². The molecule has 0 aromatic carbocycles. The van der Waals surface area contributed by atoms with Gasteiger partial charge in [0.1, 0.15) is 0 Å². The number of carbonyl (C=O) groups excluding carboxylic acids is 3. The van der Waals surface area contributed by atoms with E-state index in [2.05, 4.69) is 9.22 Å². The molecule has 7 heteroatoms. The van der Waals surface area contributed by atoms with Crippen LogP contribution in [-0.2, 0) is 23.6 Å². The van der Waals surface area contributed by atoms with Crippen molar-refractivity contribution >= 4 is 38.9 Å². The van der Waals surface area contributed by atoms with Crippen LogP contribution in [0.25, 0.3) is 0 Å². The zero-order valence-corrected chi connectivity index (χ0v) is 10.3. The molecule has 0 bridgehead atoms. The molecule has 0 atom stereocenters. The summed E-state index contributed by atoms with van der Waals surface area (Å²) in [5.74, 6) is -1.88. The van der Waals surface area contributed by atoms with Crippen LogP contribution in [0.3, 0.4) is 0 Å². The van der Waals surface area contributed by atoms with Crippen LogP contribution in [0.15, 0.2) is 0 Å². The number of hydrogen-bond donors (Lipinski definition) is 0. The molecule has 13 heavy (non-hydrogen) atoms. The SMILES string of the molecule is CC(=O)[O][Sn+]([O]C(C)=O)[O]C(C)=O. The van der Waals surface area contributed by atoms with Gasteiger partial charge < -0.3 is 0 Å². The van der Waals surface area contributed by atoms with Crippen molar-refractivity contribution in [1.82, 2.24) is 0 Å². The third-order valence-electron chi connectivity index (χ3n) is 0.681. The van der Waals surface area contributed by atoms with Crippen molar-refractivity contribution in [2.75, 3.05) is 0 Å². The van der Waals surface area contributed by atoms with Crippen LogP contribution < -0.4 is 0 Å². The van der Waals surface area contributed by atoms with Crippen molar-refractivity contribution in [3.8, 4) is 0 Å². The van der Waals surface area contributed by atoms with E-state index in [1.807, 2.05) is 0 Å². The minimum atomic E-state index is -3.52. The number of rotatable bonds is 3. The van der Waals surface area contributed by atoms with Crippen molar-refractivity contribution in [3.05, 3.63) is 0 Å². The summed E-state index contributed by atoms with van der Waals surface area (Å²) < 4.78 is 13.6. The zero-order valence-electron chi connectivity index (χ0n) is 7.45. The van der Waals surface area contributed by atoms with E-state index in [-0.39, 0.29) is 0 Å². The fraction of sp³-hybridized carbons (Fsp3) is 0.500. The maximum atomic E-state index is 10.5. The van der Waals surface area contributed by atoms with Crippen LogP contribution in [0.5, 0.6) is 0 Å². The molecule has 72 valence electrons. The Labute approximate surface area is 83.5 Å². The molecule has 0 aromatic rings. The van der Waals surface area contributed by atoms with Gasteiger partial charge in [0, 0.05) is 0 Å². The van der Waals surface area contributed by atoms with Crippen LogP contribution in [0, 0.1) is 0 Å². The third kappa shape index (κ3) is 7.57. The zero-order chi connectivity index (χ0) is 10.4. The molecule has 0 radical (unpaired) electrons. The van der Waals surface area contributed by atoms with Gasteiger partial charge in [-0.05, 0) is 0 Å². The Bertz CT molecular complexity index is 187. The average molecular weight is 296 g/mol. The van der Waals surface area contributed by atoms with Gasteiger partial charge in [-0.1, -0.05) is 0 Å². The molecule has 0 heterocycles. The monoisotopic (exact) mass is 297 g/mol. The quantitative estimate of drug-likeness (QED) is 0.663. The molecule has 0 aliphatic heterocycles. The summed E-state index contributed by atoms with van der Waals surface area (Å²) >= 11 is -3.52. The van der Waals surface area contributed by atoms with Gasteiger partial charge >= 0.3 is 83.3 Å². The normalized spacial score (nSPS) is 8.54. The van der Waals surface area contributed by atoms with E-state index in [9.17, 15) is 14.4 Å². The van der Waals surface area contributed by atoms with Gasteiger partial charge in [-0.2, -0.15) is 0 Å². The fourth-order valence-electron chi connectivity index (χ4n) is 0.415. The summed E-state index contributed by atoms with van der Waals surface area (Å²) in [5, 5.41) is 0. The Morgan fingerprint density at radius 1 is 0.769 bits per heavy atom. The van der Waals surface area contributed by atoms with E-state index in [1.165, 1.54) is 0 Å². The molecule has 0 fully saturated rings. The summed E-state index contributed by atoms with van der Waals surface area (Å²) in [6.07, 6.45) is 0. The van der Waals surface area contributed by atoms with Crippen molar-refractivity contribution in [1.29, 1.82) is 0 Å². The Morgan fingerprint density at radius 2 is 1.00 bits per heavy atom. The fourth-order valence-corrected chi connectivity index (χ4v) is 2.78. The first-order valence-electron chi connectivity index (χ1n) is 3.34. The molecular weight excluding hydrogens is 287 g/mol. The van der Waals surface area contributed by atoms with E-state index in [0.29, 0.717) is 0 Å². The summed E-state index contributed by atoms with van der Waals surface area (Å²) in [4.78, 5) is 31.4. The van der Waals surface area contributed by atoms with Gasteiger partial charge in [0.25, 0.3) is 0 Å². The van der Waals surface area contributed by atoms with Crippen LogP contribution in [-0.4, -0.2) is 38.9 Å². The van der Waals surface area contributed by atoms with Crippen LogP contribution in [0.2, 0.25) is 0 Å². The molecule has 0 N–H and O–H groups in total. The second kappa shape index (κ2) is 5.79. The summed E-state index contributed by atoms with van der Waals surface area (Å²) in [5.41, 5.74) is 0.